The fourth-order valence-electron chi connectivity index (χ4n) is 1.39. The Morgan fingerprint density at radius 2 is 2.13 bits per heavy atom. The first-order valence-electron chi connectivity index (χ1n) is 4.41. The van der Waals surface area contributed by atoms with Gasteiger partial charge < -0.3 is 5.73 Å². The summed E-state index contributed by atoms with van der Waals surface area (Å²) in [6, 6.07) is 7.65. The molecule has 0 aliphatic heterocycles. The second-order valence-corrected chi connectivity index (χ2v) is 5.30. The standard InChI is InChI=1S/C11H9BrClNS/c12-8-1-2-9(10(13)5-8)11(14)7-3-4-15-6-7/h1-6,11H,14H2/t11-/m1/s1. The second kappa shape index (κ2) is 4.66. The van der Waals surface area contributed by atoms with Gasteiger partial charge in [-0.2, -0.15) is 11.3 Å². The van der Waals surface area contributed by atoms with Gasteiger partial charge in [-0.15, -0.1) is 0 Å². The minimum absolute atomic E-state index is 0.142. The molecule has 2 rings (SSSR count). The van der Waals surface area contributed by atoms with Crippen LogP contribution in [0.1, 0.15) is 17.2 Å². The van der Waals surface area contributed by atoms with Gasteiger partial charge in [0.15, 0.2) is 0 Å². The van der Waals surface area contributed by atoms with Crippen LogP contribution >= 0.6 is 38.9 Å². The maximum absolute atomic E-state index is 6.13. The minimum Gasteiger partial charge on any atom is -0.320 e. The number of nitrogens with two attached hydrogens (primary N) is 1. The van der Waals surface area contributed by atoms with E-state index in [0.717, 1.165) is 15.6 Å². The van der Waals surface area contributed by atoms with Crippen LogP contribution in [0.2, 0.25) is 5.02 Å². The van der Waals surface area contributed by atoms with Gasteiger partial charge in [-0.25, -0.2) is 0 Å². The van der Waals surface area contributed by atoms with Crippen LogP contribution in [0.4, 0.5) is 0 Å². The van der Waals surface area contributed by atoms with Crippen LogP contribution in [-0.4, -0.2) is 0 Å². The molecule has 0 saturated carbocycles. The number of hydrogen-bond donors (Lipinski definition) is 1. The van der Waals surface area contributed by atoms with Crippen molar-refractivity contribution in [3.05, 3.63) is 55.6 Å². The average molecular weight is 303 g/mol. The predicted octanol–water partition coefficient (Wildman–Crippen LogP) is 4.21. The Hall–Kier alpha value is -0.350. The number of benzene rings is 1. The maximum Gasteiger partial charge on any atom is 0.0574 e. The Kier molecular flexibility index (Phi) is 3.46. The topological polar surface area (TPSA) is 26.0 Å². The van der Waals surface area contributed by atoms with E-state index in [4.69, 9.17) is 17.3 Å². The Morgan fingerprint density at radius 1 is 1.33 bits per heavy atom. The lowest BCUT2D eigenvalue weighted by Crippen LogP contribution is -2.11. The monoisotopic (exact) mass is 301 g/mol. The van der Waals surface area contributed by atoms with E-state index in [1.165, 1.54) is 0 Å². The van der Waals surface area contributed by atoms with Gasteiger partial charge in [-0.05, 0) is 40.1 Å². The van der Waals surface area contributed by atoms with Crippen LogP contribution in [0.5, 0.6) is 0 Å². The zero-order chi connectivity index (χ0) is 10.8. The third-order valence-electron chi connectivity index (χ3n) is 2.20. The van der Waals surface area contributed by atoms with E-state index in [9.17, 15) is 0 Å². The van der Waals surface area contributed by atoms with Crippen LogP contribution in [-0.2, 0) is 0 Å². The largest absolute Gasteiger partial charge is 0.320 e. The molecule has 15 heavy (non-hydrogen) atoms. The van der Waals surface area contributed by atoms with Gasteiger partial charge in [0.2, 0.25) is 0 Å². The molecule has 1 nitrogen and oxygen atoms in total. The molecule has 0 spiro atoms. The summed E-state index contributed by atoms with van der Waals surface area (Å²) in [5, 5.41) is 4.76. The summed E-state index contributed by atoms with van der Waals surface area (Å²) in [4.78, 5) is 0. The van der Waals surface area contributed by atoms with Crippen LogP contribution in [0, 0.1) is 0 Å². The van der Waals surface area contributed by atoms with E-state index in [0.29, 0.717) is 5.02 Å². The summed E-state index contributed by atoms with van der Waals surface area (Å²) in [6.07, 6.45) is 0. The normalized spacial score (nSPS) is 12.7. The van der Waals surface area contributed by atoms with Crippen molar-refractivity contribution < 1.29 is 0 Å². The van der Waals surface area contributed by atoms with Gasteiger partial charge in [0.05, 0.1) is 6.04 Å². The quantitative estimate of drug-likeness (QED) is 0.883. The molecule has 0 radical (unpaired) electrons. The van der Waals surface area contributed by atoms with Crippen molar-refractivity contribution in [1.29, 1.82) is 0 Å². The number of hydrogen-bond acceptors (Lipinski definition) is 2. The molecule has 4 heteroatoms. The summed E-state index contributed by atoms with van der Waals surface area (Å²) in [5.74, 6) is 0. The van der Waals surface area contributed by atoms with Crippen molar-refractivity contribution in [3.8, 4) is 0 Å². The molecular formula is C11H9BrClNS. The Balaban J connectivity index is 2.38. The molecule has 2 N–H and O–H groups in total. The van der Waals surface area contributed by atoms with E-state index >= 15 is 0 Å². The van der Waals surface area contributed by atoms with E-state index < -0.39 is 0 Å². The van der Waals surface area contributed by atoms with E-state index in [2.05, 4.69) is 15.9 Å². The number of thiophene rings is 1. The number of rotatable bonds is 2. The highest BCUT2D eigenvalue weighted by molar-refractivity contribution is 9.10. The lowest BCUT2D eigenvalue weighted by atomic mass is 10.0. The number of halogens is 2. The van der Waals surface area contributed by atoms with E-state index in [1.807, 2.05) is 35.0 Å². The summed E-state index contributed by atoms with van der Waals surface area (Å²) in [5.41, 5.74) is 8.18. The van der Waals surface area contributed by atoms with Gasteiger partial charge >= 0.3 is 0 Å². The minimum atomic E-state index is -0.142. The van der Waals surface area contributed by atoms with E-state index in [-0.39, 0.29) is 6.04 Å². The molecule has 0 aliphatic carbocycles. The summed E-state index contributed by atoms with van der Waals surface area (Å²) in [6.45, 7) is 0. The molecule has 1 heterocycles. The fourth-order valence-corrected chi connectivity index (χ4v) is 2.87. The molecular weight excluding hydrogens is 294 g/mol. The molecule has 1 aromatic heterocycles. The summed E-state index contributed by atoms with van der Waals surface area (Å²) >= 11 is 11.1. The van der Waals surface area contributed by atoms with Crippen molar-refractivity contribution in [3.63, 3.8) is 0 Å². The zero-order valence-electron chi connectivity index (χ0n) is 7.78. The van der Waals surface area contributed by atoms with Crippen molar-refractivity contribution in [2.24, 2.45) is 5.73 Å². The van der Waals surface area contributed by atoms with Gasteiger partial charge in [-0.3, -0.25) is 0 Å². The zero-order valence-corrected chi connectivity index (χ0v) is 10.9. The van der Waals surface area contributed by atoms with E-state index in [1.54, 1.807) is 11.3 Å². The second-order valence-electron chi connectivity index (χ2n) is 3.20. The van der Waals surface area contributed by atoms with Crippen LogP contribution in [0.25, 0.3) is 0 Å². The molecule has 2 aromatic rings. The third kappa shape index (κ3) is 2.42. The maximum atomic E-state index is 6.13. The van der Waals surface area contributed by atoms with Crippen molar-refractivity contribution in [1.82, 2.24) is 0 Å². The fraction of sp³-hybridized carbons (Fsp3) is 0.0909. The lowest BCUT2D eigenvalue weighted by Gasteiger charge is -2.12. The van der Waals surface area contributed by atoms with Crippen molar-refractivity contribution in [2.45, 2.75) is 6.04 Å². The molecule has 78 valence electrons. The lowest BCUT2D eigenvalue weighted by molar-refractivity contribution is 0.877. The van der Waals surface area contributed by atoms with Gasteiger partial charge in [0.25, 0.3) is 0 Å². The van der Waals surface area contributed by atoms with Crippen molar-refractivity contribution >= 4 is 38.9 Å². The molecule has 0 aliphatic rings. The summed E-state index contributed by atoms with van der Waals surface area (Å²) in [7, 11) is 0. The Bertz CT molecular complexity index is 456. The molecule has 0 unspecified atom stereocenters. The smallest absolute Gasteiger partial charge is 0.0574 e. The average Bonchev–Trinajstić information content (AvgIpc) is 2.69. The molecule has 0 bridgehead atoms. The first-order valence-corrected chi connectivity index (χ1v) is 6.52. The van der Waals surface area contributed by atoms with Crippen LogP contribution in [0.15, 0.2) is 39.5 Å². The SMILES string of the molecule is N[C@H](c1ccsc1)c1ccc(Br)cc1Cl. The molecule has 0 fully saturated rings. The van der Waals surface area contributed by atoms with Gasteiger partial charge in [0, 0.05) is 9.50 Å². The first kappa shape index (κ1) is 11.1. The molecule has 1 atom stereocenters. The highest BCUT2D eigenvalue weighted by Gasteiger charge is 2.12. The van der Waals surface area contributed by atoms with Crippen molar-refractivity contribution in [2.75, 3.05) is 0 Å². The molecule has 0 amide bonds. The highest BCUT2D eigenvalue weighted by atomic mass is 79.9. The Labute approximate surface area is 106 Å². The first-order chi connectivity index (χ1) is 7.18. The van der Waals surface area contributed by atoms with Gasteiger partial charge in [0.1, 0.15) is 0 Å². The molecule has 1 aromatic carbocycles. The van der Waals surface area contributed by atoms with Crippen LogP contribution in [0.3, 0.4) is 0 Å². The third-order valence-corrected chi connectivity index (χ3v) is 3.72. The predicted molar refractivity (Wildman–Crippen MR) is 69.5 cm³/mol. The highest BCUT2D eigenvalue weighted by Crippen LogP contribution is 2.29. The van der Waals surface area contributed by atoms with Gasteiger partial charge in [-0.1, -0.05) is 33.6 Å². The summed E-state index contributed by atoms with van der Waals surface area (Å²) < 4.78 is 0.966. The molecule has 0 saturated heterocycles. The Morgan fingerprint density at radius 3 is 2.73 bits per heavy atom. The van der Waals surface area contributed by atoms with Crippen LogP contribution < -0.4 is 5.73 Å².